The van der Waals surface area contributed by atoms with Crippen molar-refractivity contribution < 1.29 is 4.79 Å². The Balaban J connectivity index is 1.61. The smallest absolute Gasteiger partial charge is 0.272 e. The van der Waals surface area contributed by atoms with Crippen molar-refractivity contribution in [1.29, 1.82) is 0 Å². The predicted molar refractivity (Wildman–Crippen MR) is 109 cm³/mol. The Kier molecular flexibility index (Phi) is 5.94. The van der Waals surface area contributed by atoms with E-state index in [9.17, 15) is 4.79 Å². The highest BCUT2D eigenvalue weighted by Crippen LogP contribution is 2.18. The Bertz CT molecular complexity index is 953. The lowest BCUT2D eigenvalue weighted by atomic mass is 10.1. The number of H-pyrrole nitrogens is 1. The number of nitrogens with zero attached hydrogens (tertiary/aromatic N) is 2. The molecule has 0 spiro atoms. The van der Waals surface area contributed by atoms with Crippen LogP contribution in [0.5, 0.6) is 0 Å². The zero-order valence-corrected chi connectivity index (χ0v) is 15.4. The molecule has 0 saturated carbocycles. The average Bonchev–Trinajstić information content (AvgIpc) is 3.19. The minimum atomic E-state index is -0.331. The molecular formula is C22H22N4O. The van der Waals surface area contributed by atoms with Gasteiger partial charge in [-0.1, -0.05) is 67.6 Å². The number of amides is 1. The molecule has 3 aromatic rings. The van der Waals surface area contributed by atoms with E-state index in [4.69, 9.17) is 0 Å². The van der Waals surface area contributed by atoms with E-state index in [1.54, 1.807) is 12.3 Å². The highest BCUT2D eigenvalue weighted by Gasteiger charge is 2.10. The van der Waals surface area contributed by atoms with E-state index < -0.39 is 0 Å². The van der Waals surface area contributed by atoms with Crippen LogP contribution in [0.1, 0.15) is 35.5 Å². The number of carbonyl (C=O) groups is 1. The normalized spacial score (nSPS) is 11.7. The summed E-state index contributed by atoms with van der Waals surface area (Å²) < 4.78 is 0. The summed E-state index contributed by atoms with van der Waals surface area (Å²) in [4.78, 5) is 12.2. The molecule has 3 rings (SSSR count). The molecule has 2 aromatic carbocycles. The Morgan fingerprint density at radius 3 is 2.59 bits per heavy atom. The fourth-order valence-electron chi connectivity index (χ4n) is 2.60. The topological polar surface area (TPSA) is 70.1 Å². The van der Waals surface area contributed by atoms with Crippen LogP contribution in [0.2, 0.25) is 0 Å². The predicted octanol–water partition coefficient (Wildman–Crippen LogP) is 4.46. The number of carbonyl (C=O) groups excluding carboxylic acids is 1. The zero-order chi connectivity index (χ0) is 19.1. The lowest BCUT2D eigenvalue weighted by Gasteiger charge is -1.98. The van der Waals surface area contributed by atoms with Gasteiger partial charge in [0, 0.05) is 5.56 Å². The van der Waals surface area contributed by atoms with E-state index in [2.05, 4.69) is 39.8 Å². The van der Waals surface area contributed by atoms with Crippen molar-refractivity contribution in [2.75, 3.05) is 0 Å². The molecule has 0 fully saturated rings. The summed E-state index contributed by atoms with van der Waals surface area (Å²) in [7, 11) is 0. The second-order valence-electron chi connectivity index (χ2n) is 6.22. The molecule has 0 atom stereocenters. The van der Waals surface area contributed by atoms with Crippen molar-refractivity contribution in [3.63, 3.8) is 0 Å². The van der Waals surface area contributed by atoms with Gasteiger partial charge in [-0.2, -0.15) is 10.2 Å². The standard InChI is InChI=1S/C22H22N4O/c1-3-17-9-11-19(12-10-17)20-14-21(25-24-20)22(27)26-23-15-16(2)13-18-7-5-4-6-8-18/h4-15H,3H2,1-2H3,(H,24,25)(H,26,27)/b16-13+,23-15-. The number of benzene rings is 2. The summed E-state index contributed by atoms with van der Waals surface area (Å²) in [5, 5.41) is 11.0. The van der Waals surface area contributed by atoms with Gasteiger partial charge in [0.05, 0.1) is 11.9 Å². The van der Waals surface area contributed by atoms with Crippen LogP contribution in [0.25, 0.3) is 17.3 Å². The number of aromatic amines is 1. The van der Waals surface area contributed by atoms with E-state index in [1.165, 1.54) is 5.56 Å². The number of hydrogen-bond acceptors (Lipinski definition) is 3. The maximum Gasteiger partial charge on any atom is 0.289 e. The first kappa shape index (κ1) is 18.3. The van der Waals surface area contributed by atoms with Gasteiger partial charge in [-0.3, -0.25) is 9.89 Å². The van der Waals surface area contributed by atoms with Crippen molar-refractivity contribution >= 4 is 18.2 Å². The Hall–Kier alpha value is -3.47. The van der Waals surface area contributed by atoms with Crippen molar-refractivity contribution in [3.05, 3.63) is 83.1 Å². The minimum absolute atomic E-state index is 0.331. The highest BCUT2D eigenvalue weighted by atomic mass is 16.2. The molecule has 136 valence electrons. The third-order valence-corrected chi connectivity index (χ3v) is 4.11. The number of allylic oxidation sites excluding steroid dienone is 1. The van der Waals surface area contributed by atoms with Gasteiger partial charge in [-0.25, -0.2) is 5.43 Å². The van der Waals surface area contributed by atoms with Gasteiger partial charge in [0.15, 0.2) is 0 Å². The Morgan fingerprint density at radius 1 is 1.15 bits per heavy atom. The number of hydrogen-bond donors (Lipinski definition) is 2. The van der Waals surface area contributed by atoms with Crippen molar-refractivity contribution in [3.8, 4) is 11.3 Å². The van der Waals surface area contributed by atoms with Crippen LogP contribution in [0, 0.1) is 0 Å². The van der Waals surface area contributed by atoms with Gasteiger partial charge in [-0.05, 0) is 36.1 Å². The summed E-state index contributed by atoms with van der Waals surface area (Å²) >= 11 is 0. The first-order valence-corrected chi connectivity index (χ1v) is 8.87. The Morgan fingerprint density at radius 2 is 1.89 bits per heavy atom. The maximum atomic E-state index is 12.2. The van der Waals surface area contributed by atoms with Crippen LogP contribution in [-0.4, -0.2) is 22.3 Å². The molecular weight excluding hydrogens is 336 g/mol. The lowest BCUT2D eigenvalue weighted by Crippen LogP contribution is -2.17. The van der Waals surface area contributed by atoms with Crippen LogP contribution in [0.15, 0.2) is 71.3 Å². The molecule has 0 bridgehead atoms. The zero-order valence-electron chi connectivity index (χ0n) is 15.4. The number of aromatic nitrogens is 2. The lowest BCUT2D eigenvalue weighted by molar-refractivity contribution is 0.0950. The number of rotatable bonds is 6. The van der Waals surface area contributed by atoms with Crippen LogP contribution in [0.4, 0.5) is 0 Å². The third-order valence-electron chi connectivity index (χ3n) is 4.11. The quantitative estimate of drug-likeness (QED) is 0.504. The number of hydrazone groups is 1. The van der Waals surface area contributed by atoms with Crippen LogP contribution in [-0.2, 0) is 6.42 Å². The average molecular weight is 358 g/mol. The summed E-state index contributed by atoms with van der Waals surface area (Å²) in [5.74, 6) is -0.331. The van der Waals surface area contributed by atoms with Gasteiger partial charge >= 0.3 is 0 Å². The van der Waals surface area contributed by atoms with Crippen LogP contribution < -0.4 is 5.43 Å². The van der Waals surface area contributed by atoms with Crippen LogP contribution in [0.3, 0.4) is 0 Å². The monoisotopic (exact) mass is 358 g/mol. The fourth-order valence-corrected chi connectivity index (χ4v) is 2.60. The molecule has 5 heteroatoms. The third kappa shape index (κ3) is 5.01. The summed E-state index contributed by atoms with van der Waals surface area (Å²) in [6.07, 6.45) is 4.60. The highest BCUT2D eigenvalue weighted by molar-refractivity contribution is 5.94. The summed E-state index contributed by atoms with van der Waals surface area (Å²) in [5.41, 5.74) is 7.86. The SMILES string of the molecule is CCc1ccc(-c2cc(C(=O)N/N=C\C(C)=C\c3ccccc3)[nH]n2)cc1. The van der Waals surface area contributed by atoms with Gasteiger partial charge in [0.25, 0.3) is 5.91 Å². The van der Waals surface area contributed by atoms with Crippen molar-refractivity contribution in [2.45, 2.75) is 20.3 Å². The van der Waals surface area contributed by atoms with E-state index in [-0.39, 0.29) is 5.91 Å². The van der Waals surface area contributed by atoms with E-state index in [0.29, 0.717) is 5.69 Å². The van der Waals surface area contributed by atoms with E-state index in [1.807, 2.05) is 55.5 Å². The second kappa shape index (κ2) is 8.76. The molecule has 0 aliphatic heterocycles. The van der Waals surface area contributed by atoms with Crippen molar-refractivity contribution in [1.82, 2.24) is 15.6 Å². The molecule has 0 aliphatic rings. The van der Waals surface area contributed by atoms with E-state index in [0.717, 1.165) is 28.8 Å². The number of nitrogens with one attached hydrogen (secondary N) is 2. The fraction of sp³-hybridized carbons (Fsp3) is 0.136. The molecule has 0 unspecified atom stereocenters. The molecule has 1 aromatic heterocycles. The molecule has 27 heavy (non-hydrogen) atoms. The first-order valence-electron chi connectivity index (χ1n) is 8.87. The summed E-state index contributed by atoms with van der Waals surface area (Å²) in [6.45, 7) is 4.04. The van der Waals surface area contributed by atoms with Gasteiger partial charge in [0.2, 0.25) is 0 Å². The van der Waals surface area contributed by atoms with E-state index >= 15 is 0 Å². The largest absolute Gasteiger partial charge is 0.289 e. The first-order chi connectivity index (χ1) is 13.2. The molecule has 1 heterocycles. The minimum Gasteiger partial charge on any atom is -0.272 e. The molecule has 0 saturated heterocycles. The Labute approximate surface area is 158 Å². The van der Waals surface area contributed by atoms with Gasteiger partial charge in [-0.15, -0.1) is 0 Å². The van der Waals surface area contributed by atoms with Crippen molar-refractivity contribution in [2.24, 2.45) is 5.10 Å². The second-order valence-corrected chi connectivity index (χ2v) is 6.22. The number of aryl methyl sites for hydroxylation is 1. The molecule has 1 amide bonds. The maximum absolute atomic E-state index is 12.2. The summed E-state index contributed by atoms with van der Waals surface area (Å²) in [6, 6.07) is 19.8. The van der Waals surface area contributed by atoms with Gasteiger partial charge in [0.1, 0.15) is 5.69 Å². The van der Waals surface area contributed by atoms with Crippen LogP contribution >= 0.6 is 0 Å². The molecule has 2 N–H and O–H groups in total. The molecule has 0 aliphatic carbocycles. The molecule has 5 nitrogen and oxygen atoms in total. The molecule has 0 radical (unpaired) electrons. The van der Waals surface area contributed by atoms with Gasteiger partial charge < -0.3 is 0 Å².